The zero-order valence-electron chi connectivity index (χ0n) is 51.7. The zero-order chi connectivity index (χ0) is 63.0. The Kier molecular flexibility index (Phi) is 19.5. The van der Waals surface area contributed by atoms with Crippen molar-refractivity contribution in [1.29, 1.82) is 10.5 Å². The number of ether oxygens (including phenoxy) is 2. The van der Waals surface area contributed by atoms with Crippen LogP contribution in [0.5, 0.6) is 23.0 Å². The number of aromatic nitrogens is 6. The lowest BCUT2D eigenvalue weighted by molar-refractivity contribution is -0.143. The van der Waals surface area contributed by atoms with Crippen LogP contribution in [-0.4, -0.2) is 76.3 Å². The third-order valence-corrected chi connectivity index (χ3v) is 15.8. The summed E-state index contributed by atoms with van der Waals surface area (Å²) in [4.78, 5) is 62.6. The molecule has 0 aliphatic carbocycles. The number of carboxylic acid groups (broad SMARTS) is 1. The van der Waals surface area contributed by atoms with Gasteiger partial charge in [0.05, 0.1) is 46.6 Å². The van der Waals surface area contributed by atoms with Crippen LogP contribution in [0.4, 0.5) is 11.6 Å². The summed E-state index contributed by atoms with van der Waals surface area (Å²) >= 11 is 0. The third kappa shape index (κ3) is 15.1. The minimum absolute atomic E-state index is 0.0295. The molecule has 4 aromatic carbocycles. The Hall–Kier alpha value is -9.20. The van der Waals surface area contributed by atoms with Crippen LogP contribution in [0.2, 0.25) is 0 Å². The summed E-state index contributed by atoms with van der Waals surface area (Å²) < 4.78 is 18.6. The number of aliphatic carboxylic acids is 1. The first kappa shape index (κ1) is 63.8. The van der Waals surface area contributed by atoms with Gasteiger partial charge in [-0.25, -0.2) is 19.6 Å². The van der Waals surface area contributed by atoms with Crippen molar-refractivity contribution in [3.63, 3.8) is 0 Å². The number of nitrogens with zero attached hydrogens (tertiary/aromatic N) is 9. The van der Waals surface area contributed by atoms with Gasteiger partial charge >= 0.3 is 17.3 Å². The SMILES string of the molecule is CC(C)(C)CC(C)(C)C(C#N)C(=O)N1CCC[C@@H](n2c(=O)n(-c3ccc(Oc4ccccc4)cc3)c3c(N)nccc32)C1.CC(C)(C)CC(C)(C)C(C#N)C(=O)O.Nc1nccc2c1n(-c1ccc(Oc3ccccc3)cc1)c(=O)n2[C@@H]1CCCNC1. The molecule has 87 heavy (non-hydrogen) atoms. The number of amides is 1. The van der Waals surface area contributed by atoms with Crippen LogP contribution in [0.1, 0.15) is 120 Å². The number of likely N-dealkylation sites (tertiary alicyclic amines) is 1. The Bertz CT molecular complexity index is 3890. The molecule has 0 spiro atoms. The highest BCUT2D eigenvalue weighted by molar-refractivity contribution is 5.88. The highest BCUT2D eigenvalue weighted by Crippen LogP contribution is 2.42. The number of para-hydroxylation sites is 2. The predicted molar refractivity (Wildman–Crippen MR) is 340 cm³/mol. The van der Waals surface area contributed by atoms with Gasteiger partial charge in [-0.1, -0.05) is 106 Å². The topological polar surface area (TPSA) is 267 Å². The molecular formula is C68H82N12O7. The number of piperidine rings is 2. The lowest BCUT2D eigenvalue weighted by Crippen LogP contribution is -2.48. The molecule has 2 saturated heterocycles. The van der Waals surface area contributed by atoms with Crippen LogP contribution in [0.25, 0.3) is 33.4 Å². The number of anilines is 2. The lowest BCUT2D eigenvalue weighted by atomic mass is 9.69. The van der Waals surface area contributed by atoms with Gasteiger partial charge in [0.25, 0.3) is 0 Å². The summed E-state index contributed by atoms with van der Waals surface area (Å²) in [6.07, 6.45) is 8.14. The molecule has 0 saturated carbocycles. The minimum Gasteiger partial charge on any atom is -0.480 e. The van der Waals surface area contributed by atoms with Gasteiger partial charge in [0.15, 0.2) is 0 Å². The van der Waals surface area contributed by atoms with Gasteiger partial charge < -0.3 is 36.3 Å². The number of rotatable bonds is 14. The maximum atomic E-state index is 14.2. The number of hydrogen-bond donors (Lipinski definition) is 4. The van der Waals surface area contributed by atoms with Crippen molar-refractivity contribution in [2.24, 2.45) is 33.5 Å². The Morgan fingerprint density at radius 3 is 1.43 bits per heavy atom. The number of nitrogens with one attached hydrogen (secondary N) is 1. The van der Waals surface area contributed by atoms with Gasteiger partial charge in [-0.15, -0.1) is 0 Å². The predicted octanol–water partition coefficient (Wildman–Crippen LogP) is 12.5. The van der Waals surface area contributed by atoms with Crippen LogP contribution >= 0.6 is 0 Å². The lowest BCUT2D eigenvalue weighted by Gasteiger charge is -2.39. The van der Waals surface area contributed by atoms with Crippen molar-refractivity contribution in [2.75, 3.05) is 37.6 Å². The van der Waals surface area contributed by atoms with E-state index in [0.717, 1.165) is 62.1 Å². The van der Waals surface area contributed by atoms with Crippen molar-refractivity contribution in [2.45, 2.75) is 120 Å². The number of carbonyl (C=O) groups is 2. The molecule has 6 N–H and O–H groups in total. The van der Waals surface area contributed by atoms with Crippen molar-refractivity contribution in [1.82, 2.24) is 38.5 Å². The number of nitriles is 2. The van der Waals surface area contributed by atoms with Gasteiger partial charge in [-0.2, -0.15) is 10.5 Å². The van der Waals surface area contributed by atoms with Crippen molar-refractivity contribution in [3.05, 3.63) is 155 Å². The van der Waals surface area contributed by atoms with E-state index in [1.807, 2.05) is 174 Å². The first-order valence-corrected chi connectivity index (χ1v) is 29.6. The molecule has 2 aliphatic rings. The normalized spacial score (nSPS) is 16.3. The number of nitrogens with two attached hydrogens (primary N) is 2. The number of benzene rings is 4. The van der Waals surface area contributed by atoms with Crippen LogP contribution < -0.4 is 37.6 Å². The molecule has 4 aromatic heterocycles. The second-order valence-electron chi connectivity index (χ2n) is 26.4. The molecule has 10 rings (SSSR count). The summed E-state index contributed by atoms with van der Waals surface area (Å²) in [7, 11) is 0. The fourth-order valence-corrected chi connectivity index (χ4v) is 12.8. The maximum absolute atomic E-state index is 14.2. The molecule has 456 valence electrons. The van der Waals surface area contributed by atoms with Gasteiger partial charge in [0.1, 0.15) is 57.5 Å². The first-order valence-electron chi connectivity index (χ1n) is 29.6. The average Bonchev–Trinajstić information content (AvgIpc) is 1.80. The van der Waals surface area contributed by atoms with E-state index in [4.69, 9.17) is 31.3 Å². The molecule has 1 amide bonds. The highest BCUT2D eigenvalue weighted by Gasteiger charge is 2.42. The van der Waals surface area contributed by atoms with E-state index >= 15 is 0 Å². The molecule has 2 fully saturated rings. The van der Waals surface area contributed by atoms with Gasteiger partial charge in [-0.3, -0.25) is 27.9 Å². The van der Waals surface area contributed by atoms with E-state index in [9.17, 15) is 24.4 Å². The molecule has 19 heteroatoms. The standard InChI is InChI=1S/C34H40N6O3.C23H23N5O2.C11H19NO2/c1-33(2,3)22-34(4,5)27(20-35)31(41)38-19-9-10-24(21-38)39-28-17-18-37-30(36)29(28)40(32(39)42)23-13-15-26(16-14-23)43-25-11-7-6-8-12-25;24-22-21-20(12-14-26-22)27(17-5-4-13-25-15-17)23(29)28(21)16-8-10-19(11-9-16)30-18-6-2-1-3-7-18;1-10(2,3)7-11(4,5)8(6-12)9(13)14/h6-8,11-18,24,27H,9-10,19,21-22H2,1-5H3,(H2,36,37);1-3,6-12,14,17,25H,4-5,13,15H2,(H2,24,26);8H,7H2,1-5H3,(H,13,14)/t24-,27?;17-;/m11./s1. The fraction of sp³-hybridized carbons (Fsp3) is 0.412. The minimum atomic E-state index is -1.03. The molecule has 0 bridgehead atoms. The van der Waals surface area contributed by atoms with E-state index in [1.54, 1.807) is 37.1 Å². The summed E-state index contributed by atoms with van der Waals surface area (Å²) in [5, 5.41) is 31.2. The molecule has 0 radical (unpaired) electrons. The van der Waals surface area contributed by atoms with E-state index in [1.165, 1.54) is 0 Å². The van der Waals surface area contributed by atoms with Crippen LogP contribution in [0.15, 0.2) is 143 Å². The van der Waals surface area contributed by atoms with E-state index < -0.39 is 28.6 Å². The number of carboxylic acids is 1. The summed E-state index contributed by atoms with van der Waals surface area (Å²) in [5.41, 5.74) is 15.2. The van der Waals surface area contributed by atoms with Gasteiger partial charge in [-0.05, 0) is 152 Å². The summed E-state index contributed by atoms with van der Waals surface area (Å²) in [5.74, 6) is 0.500. The smallest absolute Gasteiger partial charge is 0.334 e. The number of pyridine rings is 2. The third-order valence-electron chi connectivity index (χ3n) is 15.8. The van der Waals surface area contributed by atoms with E-state index in [0.29, 0.717) is 64.8 Å². The van der Waals surface area contributed by atoms with Crippen molar-refractivity contribution >= 4 is 45.6 Å². The second kappa shape index (κ2) is 26.6. The molecule has 19 nitrogen and oxygen atoms in total. The van der Waals surface area contributed by atoms with E-state index in [-0.39, 0.29) is 46.0 Å². The number of nitrogen functional groups attached to an aromatic ring is 2. The maximum Gasteiger partial charge on any atom is 0.334 e. The van der Waals surface area contributed by atoms with Crippen molar-refractivity contribution < 1.29 is 24.2 Å². The highest BCUT2D eigenvalue weighted by atomic mass is 16.5. The van der Waals surface area contributed by atoms with Crippen LogP contribution in [0, 0.1) is 56.2 Å². The van der Waals surface area contributed by atoms with Gasteiger partial charge in [0.2, 0.25) is 5.91 Å². The van der Waals surface area contributed by atoms with Gasteiger partial charge in [0, 0.05) is 32.0 Å². The Balaban J connectivity index is 0.000000192. The Morgan fingerprint density at radius 2 is 1.02 bits per heavy atom. The fourth-order valence-electron chi connectivity index (χ4n) is 12.8. The van der Waals surface area contributed by atoms with E-state index in [2.05, 4.69) is 42.1 Å². The summed E-state index contributed by atoms with van der Waals surface area (Å²) in [6, 6.07) is 41.4. The first-order chi connectivity index (χ1) is 41.2. The Labute approximate surface area is 508 Å². The number of carbonyl (C=O) groups excluding carboxylic acids is 1. The van der Waals surface area contributed by atoms with Crippen molar-refractivity contribution in [3.8, 4) is 46.5 Å². The molecule has 2 aliphatic heterocycles. The molecule has 6 heterocycles. The average molecular weight is 1180 g/mol. The molecular weight excluding hydrogens is 1100 g/mol. The number of imidazole rings is 2. The number of hydrogen-bond acceptors (Lipinski definition) is 13. The molecule has 4 atom stereocenters. The largest absolute Gasteiger partial charge is 0.480 e. The number of fused-ring (bicyclic) bond motifs is 2. The molecule has 2 unspecified atom stereocenters. The van der Waals surface area contributed by atoms with Crippen LogP contribution in [-0.2, 0) is 9.59 Å². The molecule has 8 aromatic rings. The van der Waals surface area contributed by atoms with Crippen LogP contribution in [0.3, 0.4) is 0 Å². The monoisotopic (exact) mass is 1180 g/mol. The second-order valence-corrected chi connectivity index (χ2v) is 26.4. The summed E-state index contributed by atoms with van der Waals surface area (Å²) in [6.45, 7) is 22.8. The Morgan fingerprint density at radius 1 is 0.609 bits per heavy atom. The quantitative estimate of drug-likeness (QED) is 0.0789. The zero-order valence-corrected chi connectivity index (χ0v) is 51.7.